The van der Waals surface area contributed by atoms with Crippen LogP contribution in [0.25, 0.3) is 0 Å². The zero-order valence-electron chi connectivity index (χ0n) is 11.5. The molecule has 0 bridgehead atoms. The van der Waals surface area contributed by atoms with Crippen molar-refractivity contribution in [2.24, 2.45) is 5.41 Å². The van der Waals surface area contributed by atoms with E-state index in [0.717, 1.165) is 18.0 Å². The van der Waals surface area contributed by atoms with Crippen molar-refractivity contribution in [2.75, 3.05) is 13.7 Å². The Morgan fingerprint density at radius 1 is 1.38 bits per heavy atom. The summed E-state index contributed by atoms with van der Waals surface area (Å²) in [5.74, 6) is 0.894. The van der Waals surface area contributed by atoms with Crippen molar-refractivity contribution >= 4 is 0 Å². The average molecular weight is 223 g/mol. The lowest BCUT2D eigenvalue weighted by Gasteiger charge is -2.21. The monoisotopic (exact) mass is 223 g/mol. The number of likely N-dealkylation sites (N-methyl/N-ethyl adjacent to an activating group) is 1. The minimum Gasteiger partial charge on any atom is -0.499 e. The molecule has 0 atom stereocenters. The lowest BCUT2D eigenvalue weighted by atomic mass is 9.86. The fourth-order valence-corrected chi connectivity index (χ4v) is 1.31. The summed E-state index contributed by atoms with van der Waals surface area (Å²) >= 11 is 0. The van der Waals surface area contributed by atoms with E-state index in [1.165, 1.54) is 5.57 Å². The number of hydrogen-bond donors (Lipinski definition) is 1. The Kier molecular flexibility index (Phi) is 5.94. The molecule has 0 spiro atoms. The van der Waals surface area contributed by atoms with E-state index in [-0.39, 0.29) is 5.41 Å². The number of ether oxygens (including phenoxy) is 1. The Balaban J connectivity index is 5.26. The molecule has 0 aliphatic carbocycles. The summed E-state index contributed by atoms with van der Waals surface area (Å²) in [7, 11) is 1.69. The normalized spacial score (nSPS) is 14.2. The number of nitrogens with one attached hydrogen (secondary N) is 1. The second-order valence-electron chi connectivity index (χ2n) is 4.76. The molecule has 0 aliphatic heterocycles. The molecule has 0 rings (SSSR count). The van der Waals surface area contributed by atoms with Gasteiger partial charge in [0.2, 0.25) is 0 Å². The van der Waals surface area contributed by atoms with E-state index >= 15 is 0 Å². The maximum Gasteiger partial charge on any atom is 0.115 e. The number of methoxy groups -OCH3 is 1. The first kappa shape index (κ1) is 14.8. The van der Waals surface area contributed by atoms with Gasteiger partial charge in [-0.15, -0.1) is 0 Å². The van der Waals surface area contributed by atoms with Gasteiger partial charge in [-0.05, 0) is 30.9 Å². The van der Waals surface area contributed by atoms with Crippen molar-refractivity contribution < 1.29 is 4.74 Å². The Hall–Kier alpha value is -1.18. The van der Waals surface area contributed by atoms with Crippen LogP contribution in [-0.4, -0.2) is 13.7 Å². The van der Waals surface area contributed by atoms with Gasteiger partial charge >= 0.3 is 0 Å². The predicted molar refractivity (Wildman–Crippen MR) is 71.1 cm³/mol. The van der Waals surface area contributed by atoms with Crippen LogP contribution in [0, 0.1) is 5.41 Å². The molecule has 1 N–H and O–H groups in total. The highest BCUT2D eigenvalue weighted by molar-refractivity contribution is 5.33. The summed E-state index contributed by atoms with van der Waals surface area (Å²) in [5.41, 5.74) is 2.31. The molecule has 16 heavy (non-hydrogen) atoms. The van der Waals surface area contributed by atoms with Crippen molar-refractivity contribution in [1.82, 2.24) is 5.32 Å². The van der Waals surface area contributed by atoms with Crippen LogP contribution in [0.3, 0.4) is 0 Å². The third-order valence-corrected chi connectivity index (χ3v) is 2.44. The first-order valence-corrected chi connectivity index (χ1v) is 5.70. The van der Waals surface area contributed by atoms with E-state index in [0.29, 0.717) is 0 Å². The Bertz CT molecular complexity index is 292. The van der Waals surface area contributed by atoms with Gasteiger partial charge in [0.25, 0.3) is 0 Å². The first-order valence-electron chi connectivity index (χ1n) is 5.70. The van der Waals surface area contributed by atoms with Gasteiger partial charge in [-0.25, -0.2) is 0 Å². The highest BCUT2D eigenvalue weighted by atomic mass is 16.5. The van der Waals surface area contributed by atoms with Crippen LogP contribution in [0.4, 0.5) is 0 Å². The predicted octanol–water partition coefficient (Wildman–Crippen LogP) is 3.63. The van der Waals surface area contributed by atoms with Crippen molar-refractivity contribution in [3.8, 4) is 0 Å². The smallest absolute Gasteiger partial charge is 0.115 e. The summed E-state index contributed by atoms with van der Waals surface area (Å²) in [5, 5.41) is 3.30. The molecular weight excluding hydrogens is 198 g/mol. The number of hydrogen-bond acceptors (Lipinski definition) is 2. The van der Waals surface area contributed by atoms with Gasteiger partial charge in [0.15, 0.2) is 0 Å². The van der Waals surface area contributed by atoms with Crippen LogP contribution in [0.15, 0.2) is 35.8 Å². The summed E-state index contributed by atoms with van der Waals surface area (Å²) in [6.07, 6.45) is 4.01. The van der Waals surface area contributed by atoms with Crippen LogP contribution in [0.5, 0.6) is 0 Å². The molecule has 0 saturated carbocycles. The topological polar surface area (TPSA) is 21.3 Å². The van der Waals surface area contributed by atoms with Gasteiger partial charge in [0, 0.05) is 6.54 Å². The van der Waals surface area contributed by atoms with Crippen LogP contribution in [0.2, 0.25) is 0 Å². The van der Waals surface area contributed by atoms with Crippen LogP contribution in [0.1, 0.15) is 34.6 Å². The Morgan fingerprint density at radius 3 is 2.25 bits per heavy atom. The molecule has 2 nitrogen and oxygen atoms in total. The second kappa shape index (κ2) is 6.41. The quantitative estimate of drug-likeness (QED) is 0.567. The maximum atomic E-state index is 5.26. The van der Waals surface area contributed by atoms with Crippen molar-refractivity contribution in [3.05, 3.63) is 35.8 Å². The van der Waals surface area contributed by atoms with Gasteiger partial charge in [-0.3, -0.25) is 0 Å². The van der Waals surface area contributed by atoms with E-state index in [9.17, 15) is 0 Å². The molecule has 2 heteroatoms. The average Bonchev–Trinajstić information content (AvgIpc) is 2.21. The molecule has 0 heterocycles. The van der Waals surface area contributed by atoms with E-state index in [1.807, 2.05) is 13.0 Å². The zero-order chi connectivity index (χ0) is 12.8. The first-order chi connectivity index (χ1) is 7.36. The summed E-state index contributed by atoms with van der Waals surface area (Å²) < 4.78 is 5.26. The Morgan fingerprint density at radius 2 is 1.94 bits per heavy atom. The molecule has 0 aromatic carbocycles. The minimum atomic E-state index is 0.0937. The van der Waals surface area contributed by atoms with Gasteiger partial charge in [-0.1, -0.05) is 33.4 Å². The molecule has 0 aromatic rings. The molecule has 92 valence electrons. The highest BCUT2D eigenvalue weighted by Gasteiger charge is 2.15. The van der Waals surface area contributed by atoms with E-state index in [1.54, 1.807) is 7.11 Å². The second-order valence-corrected chi connectivity index (χ2v) is 4.76. The lowest BCUT2D eigenvalue weighted by Crippen LogP contribution is -2.16. The zero-order valence-corrected chi connectivity index (χ0v) is 11.5. The molecule has 0 saturated heterocycles. The van der Waals surface area contributed by atoms with E-state index < -0.39 is 0 Å². The summed E-state index contributed by atoms with van der Waals surface area (Å²) in [6, 6.07) is 0. The molecule has 0 radical (unpaired) electrons. The lowest BCUT2D eigenvalue weighted by molar-refractivity contribution is 0.287. The molecule has 0 fully saturated rings. The van der Waals surface area contributed by atoms with Crippen LogP contribution < -0.4 is 5.32 Å². The third-order valence-electron chi connectivity index (χ3n) is 2.44. The standard InChI is InChI=1S/C14H25NO/c1-8-12(14(4,5)6)10-13(15-9-2)11(3)16-7/h8,10,15H,1,9H2,2-7H3/b12-10+,13-11-. The van der Waals surface area contributed by atoms with E-state index in [2.05, 4.69) is 45.7 Å². The molecular formula is C14H25NO. The SMILES string of the molecule is C=C/C(=C\C(NCC)=C(/C)OC)C(C)(C)C. The number of rotatable bonds is 5. The van der Waals surface area contributed by atoms with Gasteiger partial charge < -0.3 is 10.1 Å². The fraction of sp³-hybridized carbons (Fsp3) is 0.571. The maximum absolute atomic E-state index is 5.26. The number of allylic oxidation sites excluding steroid dienone is 4. The minimum absolute atomic E-state index is 0.0937. The fourth-order valence-electron chi connectivity index (χ4n) is 1.31. The molecule has 0 unspecified atom stereocenters. The van der Waals surface area contributed by atoms with Gasteiger partial charge in [0.05, 0.1) is 12.8 Å². The van der Waals surface area contributed by atoms with Crippen LogP contribution in [-0.2, 0) is 4.74 Å². The summed E-state index contributed by atoms with van der Waals surface area (Å²) in [4.78, 5) is 0. The largest absolute Gasteiger partial charge is 0.499 e. The highest BCUT2D eigenvalue weighted by Crippen LogP contribution is 2.27. The molecule has 0 aliphatic rings. The van der Waals surface area contributed by atoms with Crippen molar-refractivity contribution in [2.45, 2.75) is 34.6 Å². The Labute approximate surface area is 100 Å². The van der Waals surface area contributed by atoms with Gasteiger partial charge in [-0.2, -0.15) is 0 Å². The third kappa shape index (κ3) is 4.56. The van der Waals surface area contributed by atoms with Gasteiger partial charge in [0.1, 0.15) is 5.76 Å². The van der Waals surface area contributed by atoms with E-state index in [4.69, 9.17) is 4.74 Å². The van der Waals surface area contributed by atoms with Crippen molar-refractivity contribution in [1.29, 1.82) is 0 Å². The van der Waals surface area contributed by atoms with Crippen LogP contribution >= 0.6 is 0 Å². The molecule has 0 aromatic heterocycles. The van der Waals surface area contributed by atoms with Crippen molar-refractivity contribution in [3.63, 3.8) is 0 Å². The summed E-state index contributed by atoms with van der Waals surface area (Å²) in [6.45, 7) is 15.3. The molecule has 0 amide bonds.